The molecule has 1 aromatic carbocycles. The molecule has 0 unspecified atom stereocenters. The van der Waals surface area contributed by atoms with Gasteiger partial charge in [-0.3, -0.25) is 4.99 Å². The summed E-state index contributed by atoms with van der Waals surface area (Å²) >= 11 is 0. The summed E-state index contributed by atoms with van der Waals surface area (Å²) in [4.78, 5) is 6.64. The van der Waals surface area contributed by atoms with Gasteiger partial charge < -0.3 is 24.4 Å². The Balaban J connectivity index is 1.72. The molecule has 2 heterocycles. The molecular formula is C21H31N3O3. The minimum atomic E-state index is -0.00285. The molecule has 1 fully saturated rings. The Kier molecular flexibility index (Phi) is 6.61. The van der Waals surface area contributed by atoms with Gasteiger partial charge in [0.15, 0.2) is 17.5 Å². The zero-order chi connectivity index (χ0) is 19.1. The fraction of sp³-hybridized carbons (Fsp3) is 0.571. The summed E-state index contributed by atoms with van der Waals surface area (Å²) in [5.41, 5.74) is 1.27. The molecule has 1 N–H and O–H groups in total. The summed E-state index contributed by atoms with van der Waals surface area (Å²) in [5, 5.41) is 3.60. The van der Waals surface area contributed by atoms with Gasteiger partial charge in [-0.05, 0) is 43.4 Å². The van der Waals surface area contributed by atoms with Crippen molar-refractivity contribution in [2.24, 2.45) is 4.99 Å². The third-order valence-corrected chi connectivity index (χ3v) is 5.49. The van der Waals surface area contributed by atoms with Crippen LogP contribution in [0.3, 0.4) is 0 Å². The predicted octanol–water partition coefficient (Wildman–Crippen LogP) is 2.94. The van der Waals surface area contributed by atoms with Gasteiger partial charge in [0.2, 0.25) is 6.79 Å². The van der Waals surface area contributed by atoms with Gasteiger partial charge in [-0.1, -0.05) is 12.1 Å². The molecule has 3 rings (SSSR count). The smallest absolute Gasteiger partial charge is 0.231 e. The molecule has 6 nitrogen and oxygen atoms in total. The Morgan fingerprint density at radius 3 is 2.81 bits per heavy atom. The molecule has 0 radical (unpaired) electrons. The van der Waals surface area contributed by atoms with Gasteiger partial charge in [0.05, 0.1) is 0 Å². The first kappa shape index (κ1) is 19.5. The van der Waals surface area contributed by atoms with Crippen molar-refractivity contribution in [3.63, 3.8) is 0 Å². The third-order valence-electron chi connectivity index (χ3n) is 5.49. The van der Waals surface area contributed by atoms with Crippen LogP contribution in [0.5, 0.6) is 11.5 Å². The molecule has 2 aliphatic rings. The highest BCUT2D eigenvalue weighted by molar-refractivity contribution is 5.79. The summed E-state index contributed by atoms with van der Waals surface area (Å²) < 4.78 is 16.7. The summed E-state index contributed by atoms with van der Waals surface area (Å²) in [6.45, 7) is 7.39. The van der Waals surface area contributed by atoms with E-state index in [-0.39, 0.29) is 5.41 Å². The monoisotopic (exact) mass is 373 g/mol. The first-order valence-corrected chi connectivity index (χ1v) is 9.69. The molecule has 0 aromatic heterocycles. The van der Waals surface area contributed by atoms with Crippen LogP contribution in [0.1, 0.15) is 31.2 Å². The van der Waals surface area contributed by atoms with E-state index in [0.717, 1.165) is 69.4 Å². The standard InChI is InChI=1S/C21H31N3O3/c1-4-5-6-11-24(3)20(22-2)23-15-21(9-12-25-13-10-21)17-7-8-18-19(14-17)27-16-26-18/h4,7-8,14H,1,5-6,9-13,15-16H2,2-3H3,(H,22,23). The van der Waals surface area contributed by atoms with Crippen LogP contribution in [-0.2, 0) is 10.2 Å². The molecule has 0 saturated carbocycles. The van der Waals surface area contributed by atoms with Crippen LogP contribution in [0.15, 0.2) is 35.8 Å². The Hall–Kier alpha value is -2.21. The first-order valence-electron chi connectivity index (χ1n) is 9.69. The molecular weight excluding hydrogens is 342 g/mol. The van der Waals surface area contributed by atoms with E-state index in [4.69, 9.17) is 14.2 Å². The van der Waals surface area contributed by atoms with Crippen LogP contribution in [0, 0.1) is 0 Å². The lowest BCUT2D eigenvalue weighted by Gasteiger charge is -2.39. The zero-order valence-electron chi connectivity index (χ0n) is 16.5. The highest BCUT2D eigenvalue weighted by Crippen LogP contribution is 2.40. The SMILES string of the molecule is C=CCCCN(C)C(=NC)NCC1(c2ccc3c(c2)OCO3)CCOCC1. The minimum Gasteiger partial charge on any atom is -0.454 e. The van der Waals surface area contributed by atoms with Gasteiger partial charge in [-0.15, -0.1) is 6.58 Å². The average Bonchev–Trinajstić information content (AvgIpc) is 3.17. The Morgan fingerprint density at radius 2 is 2.07 bits per heavy atom. The lowest BCUT2D eigenvalue weighted by Crippen LogP contribution is -2.48. The fourth-order valence-corrected chi connectivity index (χ4v) is 3.77. The van der Waals surface area contributed by atoms with E-state index in [2.05, 4.69) is 41.0 Å². The molecule has 0 atom stereocenters. The third kappa shape index (κ3) is 4.56. The van der Waals surface area contributed by atoms with Crippen molar-refractivity contribution in [3.8, 4) is 11.5 Å². The van der Waals surface area contributed by atoms with Crippen molar-refractivity contribution in [1.82, 2.24) is 10.2 Å². The van der Waals surface area contributed by atoms with Crippen LogP contribution in [-0.4, -0.2) is 58.1 Å². The van der Waals surface area contributed by atoms with Gasteiger partial charge in [-0.25, -0.2) is 0 Å². The minimum absolute atomic E-state index is 0.00285. The number of aliphatic imine (C=N–C) groups is 1. The second-order valence-electron chi connectivity index (χ2n) is 7.21. The number of guanidine groups is 1. The van der Waals surface area contributed by atoms with Crippen molar-refractivity contribution in [2.45, 2.75) is 31.1 Å². The number of ether oxygens (including phenoxy) is 3. The number of benzene rings is 1. The number of hydrogen-bond acceptors (Lipinski definition) is 4. The topological polar surface area (TPSA) is 55.3 Å². The van der Waals surface area contributed by atoms with E-state index in [1.165, 1.54) is 5.56 Å². The number of unbranched alkanes of at least 4 members (excludes halogenated alkanes) is 1. The van der Waals surface area contributed by atoms with Crippen LogP contribution in [0.25, 0.3) is 0 Å². The van der Waals surface area contributed by atoms with Crippen LogP contribution < -0.4 is 14.8 Å². The maximum atomic E-state index is 5.65. The second kappa shape index (κ2) is 9.13. The van der Waals surface area contributed by atoms with Gasteiger partial charge >= 0.3 is 0 Å². The first-order chi connectivity index (χ1) is 13.2. The number of rotatable bonds is 7. The summed E-state index contributed by atoms with van der Waals surface area (Å²) in [6.07, 6.45) is 5.98. The Morgan fingerprint density at radius 1 is 1.30 bits per heavy atom. The molecule has 0 spiro atoms. The average molecular weight is 373 g/mol. The zero-order valence-corrected chi connectivity index (χ0v) is 16.5. The summed E-state index contributed by atoms with van der Waals surface area (Å²) in [6, 6.07) is 6.31. The van der Waals surface area contributed by atoms with E-state index < -0.39 is 0 Å². The van der Waals surface area contributed by atoms with Gasteiger partial charge in [0, 0.05) is 45.8 Å². The van der Waals surface area contributed by atoms with Crippen molar-refractivity contribution in [2.75, 3.05) is 47.2 Å². The van der Waals surface area contributed by atoms with E-state index in [1.54, 1.807) is 0 Å². The van der Waals surface area contributed by atoms with E-state index in [0.29, 0.717) is 6.79 Å². The molecule has 1 aromatic rings. The fourth-order valence-electron chi connectivity index (χ4n) is 3.77. The highest BCUT2D eigenvalue weighted by Gasteiger charge is 2.36. The van der Waals surface area contributed by atoms with Crippen molar-refractivity contribution < 1.29 is 14.2 Å². The molecule has 6 heteroatoms. The molecule has 1 saturated heterocycles. The molecule has 0 aliphatic carbocycles. The largest absolute Gasteiger partial charge is 0.454 e. The molecule has 2 aliphatic heterocycles. The molecule has 0 amide bonds. The number of allylic oxidation sites excluding steroid dienone is 1. The quantitative estimate of drug-likeness (QED) is 0.345. The highest BCUT2D eigenvalue weighted by atomic mass is 16.7. The summed E-state index contributed by atoms with van der Waals surface area (Å²) in [5.74, 6) is 2.58. The van der Waals surface area contributed by atoms with Gasteiger partial charge in [0.1, 0.15) is 0 Å². The number of nitrogens with one attached hydrogen (secondary N) is 1. The number of hydrogen-bond donors (Lipinski definition) is 1. The van der Waals surface area contributed by atoms with E-state index in [9.17, 15) is 0 Å². The van der Waals surface area contributed by atoms with Crippen LogP contribution >= 0.6 is 0 Å². The Labute approximate surface area is 162 Å². The van der Waals surface area contributed by atoms with Gasteiger partial charge in [-0.2, -0.15) is 0 Å². The molecule has 0 bridgehead atoms. The molecule has 27 heavy (non-hydrogen) atoms. The van der Waals surface area contributed by atoms with Crippen LogP contribution in [0.2, 0.25) is 0 Å². The second-order valence-corrected chi connectivity index (χ2v) is 7.21. The number of nitrogens with zero attached hydrogens (tertiary/aromatic N) is 2. The van der Waals surface area contributed by atoms with Crippen molar-refractivity contribution >= 4 is 5.96 Å². The maximum Gasteiger partial charge on any atom is 0.231 e. The van der Waals surface area contributed by atoms with Crippen molar-refractivity contribution in [1.29, 1.82) is 0 Å². The molecule has 148 valence electrons. The van der Waals surface area contributed by atoms with E-state index in [1.807, 2.05) is 19.2 Å². The lowest BCUT2D eigenvalue weighted by molar-refractivity contribution is 0.0511. The summed E-state index contributed by atoms with van der Waals surface area (Å²) in [7, 11) is 3.92. The van der Waals surface area contributed by atoms with Gasteiger partial charge in [0.25, 0.3) is 0 Å². The van der Waals surface area contributed by atoms with E-state index >= 15 is 0 Å². The number of fused-ring (bicyclic) bond motifs is 1. The predicted molar refractivity (Wildman–Crippen MR) is 108 cm³/mol. The maximum absolute atomic E-state index is 5.65. The van der Waals surface area contributed by atoms with Crippen LogP contribution in [0.4, 0.5) is 0 Å². The Bertz CT molecular complexity index is 669. The normalized spacial score (nSPS) is 18.2. The van der Waals surface area contributed by atoms with Crippen molar-refractivity contribution in [3.05, 3.63) is 36.4 Å². The lowest BCUT2D eigenvalue weighted by atomic mass is 9.74.